The van der Waals surface area contributed by atoms with Crippen LogP contribution in [0, 0.1) is 11.8 Å². The summed E-state index contributed by atoms with van der Waals surface area (Å²) in [6.45, 7) is 5.41. The highest BCUT2D eigenvalue weighted by molar-refractivity contribution is 6.22. The highest BCUT2D eigenvalue weighted by Crippen LogP contribution is 2.29. The van der Waals surface area contributed by atoms with E-state index in [9.17, 15) is 19.2 Å². The Kier molecular flexibility index (Phi) is 5.15. The van der Waals surface area contributed by atoms with E-state index in [0.717, 1.165) is 25.7 Å². The number of rotatable bonds is 5. The Labute approximate surface area is 170 Å². The summed E-state index contributed by atoms with van der Waals surface area (Å²) in [6.07, 6.45) is 3.43. The molecule has 1 saturated carbocycles. The van der Waals surface area contributed by atoms with Gasteiger partial charge in [0.05, 0.1) is 11.1 Å². The molecule has 2 fully saturated rings. The smallest absolute Gasteiger partial charge is 0.261 e. The standard InChI is InChI=1S/C22H27N3O4/c1-13(2)12-25-21(28)17-6-5-15(11-18(17)22(25)29)20(27)24-9-7-16(8-10-24)23-19(26)14-3-4-14/h5-6,11,13-14,16H,3-4,7-10,12H2,1-2H3,(H,23,26). The molecule has 1 aliphatic carbocycles. The van der Waals surface area contributed by atoms with Gasteiger partial charge < -0.3 is 10.2 Å². The van der Waals surface area contributed by atoms with Gasteiger partial charge in [-0.05, 0) is 49.8 Å². The zero-order valence-electron chi connectivity index (χ0n) is 16.9. The molecule has 2 aliphatic heterocycles. The summed E-state index contributed by atoms with van der Waals surface area (Å²) < 4.78 is 0. The first-order chi connectivity index (χ1) is 13.8. The Morgan fingerprint density at radius 3 is 2.31 bits per heavy atom. The molecule has 4 rings (SSSR count). The quantitative estimate of drug-likeness (QED) is 0.771. The van der Waals surface area contributed by atoms with Gasteiger partial charge in [0.15, 0.2) is 0 Å². The van der Waals surface area contributed by atoms with Crippen molar-refractivity contribution in [3.8, 4) is 0 Å². The highest BCUT2D eigenvalue weighted by Gasteiger charge is 2.37. The van der Waals surface area contributed by atoms with Crippen molar-refractivity contribution in [2.24, 2.45) is 11.8 Å². The minimum atomic E-state index is -0.324. The lowest BCUT2D eigenvalue weighted by Crippen LogP contribution is -2.46. The van der Waals surface area contributed by atoms with Gasteiger partial charge in [-0.1, -0.05) is 13.8 Å². The summed E-state index contributed by atoms with van der Waals surface area (Å²) in [4.78, 5) is 53.0. The second-order valence-corrected chi connectivity index (χ2v) is 8.72. The number of amides is 4. The Morgan fingerprint density at radius 1 is 1.03 bits per heavy atom. The second-order valence-electron chi connectivity index (χ2n) is 8.72. The van der Waals surface area contributed by atoms with Crippen molar-refractivity contribution in [3.05, 3.63) is 34.9 Å². The lowest BCUT2D eigenvalue weighted by atomic mass is 10.0. The molecule has 0 bridgehead atoms. The van der Waals surface area contributed by atoms with Crippen LogP contribution in [0.3, 0.4) is 0 Å². The van der Waals surface area contributed by atoms with Gasteiger partial charge in [-0.3, -0.25) is 24.1 Å². The van der Waals surface area contributed by atoms with E-state index in [-0.39, 0.29) is 41.5 Å². The molecule has 2 heterocycles. The van der Waals surface area contributed by atoms with Gasteiger partial charge in [0.1, 0.15) is 0 Å². The van der Waals surface area contributed by atoms with Crippen LogP contribution in [0.2, 0.25) is 0 Å². The third kappa shape index (κ3) is 3.91. The van der Waals surface area contributed by atoms with Crippen LogP contribution in [0.4, 0.5) is 0 Å². The number of benzene rings is 1. The highest BCUT2D eigenvalue weighted by atomic mass is 16.2. The fourth-order valence-corrected chi connectivity index (χ4v) is 4.03. The predicted molar refractivity (Wildman–Crippen MR) is 106 cm³/mol. The molecule has 0 atom stereocenters. The van der Waals surface area contributed by atoms with E-state index in [4.69, 9.17) is 0 Å². The van der Waals surface area contributed by atoms with Crippen molar-refractivity contribution in [2.45, 2.75) is 45.6 Å². The zero-order valence-corrected chi connectivity index (χ0v) is 16.9. The van der Waals surface area contributed by atoms with Gasteiger partial charge in [0.25, 0.3) is 17.7 Å². The normalized spacial score (nSPS) is 19.7. The van der Waals surface area contributed by atoms with Crippen LogP contribution in [0.15, 0.2) is 18.2 Å². The molecule has 1 aromatic rings. The molecule has 0 unspecified atom stereocenters. The van der Waals surface area contributed by atoms with E-state index >= 15 is 0 Å². The van der Waals surface area contributed by atoms with E-state index in [1.165, 1.54) is 4.90 Å². The number of carbonyl (C=O) groups is 4. The molecule has 0 spiro atoms. The average Bonchev–Trinajstić information content (AvgIpc) is 3.53. The first kappa shape index (κ1) is 19.6. The molecule has 1 aromatic carbocycles. The van der Waals surface area contributed by atoms with Crippen molar-refractivity contribution in [1.29, 1.82) is 0 Å². The topological polar surface area (TPSA) is 86.8 Å². The molecular formula is C22H27N3O4. The number of hydrogen-bond acceptors (Lipinski definition) is 4. The Bertz CT molecular complexity index is 867. The number of nitrogens with one attached hydrogen (secondary N) is 1. The van der Waals surface area contributed by atoms with Crippen LogP contribution in [0.25, 0.3) is 0 Å². The molecule has 3 aliphatic rings. The van der Waals surface area contributed by atoms with Crippen molar-refractivity contribution in [2.75, 3.05) is 19.6 Å². The molecule has 7 nitrogen and oxygen atoms in total. The fraction of sp³-hybridized carbons (Fsp3) is 0.545. The zero-order chi connectivity index (χ0) is 20.7. The Hall–Kier alpha value is -2.70. The number of hydrogen-bond donors (Lipinski definition) is 1. The summed E-state index contributed by atoms with van der Waals surface area (Å²) in [5.41, 5.74) is 1.11. The van der Waals surface area contributed by atoms with E-state index < -0.39 is 0 Å². The van der Waals surface area contributed by atoms with Crippen molar-refractivity contribution >= 4 is 23.6 Å². The minimum absolute atomic E-state index is 0.121. The molecule has 0 aromatic heterocycles. The second kappa shape index (κ2) is 7.61. The molecule has 1 N–H and O–H groups in total. The summed E-state index contributed by atoms with van der Waals surface area (Å²) in [6, 6.07) is 4.90. The fourth-order valence-electron chi connectivity index (χ4n) is 4.03. The summed E-state index contributed by atoms with van der Waals surface area (Å²) in [5, 5.41) is 3.08. The van der Waals surface area contributed by atoms with Crippen molar-refractivity contribution in [3.63, 3.8) is 0 Å². The average molecular weight is 397 g/mol. The maximum atomic E-state index is 12.9. The van der Waals surface area contributed by atoms with Gasteiger partial charge in [-0.2, -0.15) is 0 Å². The SMILES string of the molecule is CC(C)CN1C(=O)c2ccc(C(=O)N3CCC(NC(=O)C4CC4)CC3)cc2C1=O. The summed E-state index contributed by atoms with van der Waals surface area (Å²) >= 11 is 0. The van der Waals surface area contributed by atoms with Crippen LogP contribution in [0.5, 0.6) is 0 Å². The van der Waals surface area contributed by atoms with E-state index in [1.54, 1.807) is 23.1 Å². The van der Waals surface area contributed by atoms with Gasteiger partial charge >= 0.3 is 0 Å². The first-order valence-corrected chi connectivity index (χ1v) is 10.4. The van der Waals surface area contributed by atoms with Crippen LogP contribution >= 0.6 is 0 Å². The van der Waals surface area contributed by atoms with Crippen LogP contribution in [-0.4, -0.2) is 59.1 Å². The molecule has 29 heavy (non-hydrogen) atoms. The molecule has 4 amide bonds. The van der Waals surface area contributed by atoms with Crippen LogP contribution in [-0.2, 0) is 4.79 Å². The monoisotopic (exact) mass is 397 g/mol. The van der Waals surface area contributed by atoms with Gasteiger partial charge in [0, 0.05) is 37.2 Å². The summed E-state index contributed by atoms with van der Waals surface area (Å²) in [5.74, 6) is -0.235. The van der Waals surface area contributed by atoms with E-state index in [0.29, 0.717) is 36.3 Å². The number of imide groups is 1. The number of carbonyl (C=O) groups excluding carboxylic acids is 4. The lowest BCUT2D eigenvalue weighted by Gasteiger charge is -2.32. The van der Waals surface area contributed by atoms with Crippen LogP contribution in [0.1, 0.15) is 70.6 Å². The third-order valence-corrected chi connectivity index (χ3v) is 5.84. The van der Waals surface area contributed by atoms with Gasteiger partial charge in [-0.25, -0.2) is 0 Å². The molecular weight excluding hydrogens is 370 g/mol. The van der Waals surface area contributed by atoms with Gasteiger partial charge in [0.2, 0.25) is 5.91 Å². The van der Waals surface area contributed by atoms with Gasteiger partial charge in [-0.15, -0.1) is 0 Å². The number of likely N-dealkylation sites (tertiary alicyclic amines) is 1. The lowest BCUT2D eigenvalue weighted by molar-refractivity contribution is -0.123. The molecule has 7 heteroatoms. The number of fused-ring (bicyclic) bond motifs is 1. The first-order valence-electron chi connectivity index (χ1n) is 10.4. The maximum Gasteiger partial charge on any atom is 0.261 e. The molecule has 1 saturated heterocycles. The van der Waals surface area contributed by atoms with Crippen molar-refractivity contribution < 1.29 is 19.2 Å². The maximum absolute atomic E-state index is 12.9. The van der Waals surface area contributed by atoms with Crippen molar-refractivity contribution in [1.82, 2.24) is 15.1 Å². The molecule has 154 valence electrons. The number of piperidine rings is 1. The van der Waals surface area contributed by atoms with E-state index in [1.807, 2.05) is 13.8 Å². The Balaban J connectivity index is 1.41. The third-order valence-electron chi connectivity index (χ3n) is 5.84. The Morgan fingerprint density at radius 2 is 1.69 bits per heavy atom. The summed E-state index contributed by atoms with van der Waals surface area (Å²) in [7, 11) is 0. The minimum Gasteiger partial charge on any atom is -0.353 e. The largest absolute Gasteiger partial charge is 0.353 e. The predicted octanol–water partition coefficient (Wildman–Crippen LogP) is 2.07. The number of nitrogens with zero attached hydrogens (tertiary/aromatic N) is 2. The van der Waals surface area contributed by atoms with E-state index in [2.05, 4.69) is 5.32 Å². The molecule has 0 radical (unpaired) electrons. The van der Waals surface area contributed by atoms with Crippen LogP contribution < -0.4 is 5.32 Å².